The topological polar surface area (TPSA) is 53.9 Å². The van der Waals surface area contributed by atoms with Gasteiger partial charge in [-0.25, -0.2) is 0 Å². The van der Waals surface area contributed by atoms with Crippen LogP contribution in [0.5, 0.6) is 0 Å². The summed E-state index contributed by atoms with van der Waals surface area (Å²) in [6.07, 6.45) is 2.31. The van der Waals surface area contributed by atoms with Gasteiger partial charge in [0.2, 0.25) is 0 Å². The second-order valence-electron chi connectivity index (χ2n) is 6.28. The monoisotopic (exact) mass is 297 g/mol. The number of hydrogen-bond donors (Lipinski definition) is 1. The molecule has 0 saturated carbocycles. The normalized spacial score (nSPS) is 22.8. The first-order valence-corrected chi connectivity index (χ1v) is 8.10. The van der Waals surface area contributed by atoms with Crippen LogP contribution in [-0.2, 0) is 9.53 Å². The van der Waals surface area contributed by atoms with E-state index in [0.717, 1.165) is 37.9 Å². The molecule has 21 heavy (non-hydrogen) atoms. The Labute approximate surface area is 129 Å². The van der Waals surface area contributed by atoms with E-state index in [1.54, 1.807) is 0 Å². The molecule has 5 heteroatoms. The maximum absolute atomic E-state index is 11.8. The lowest BCUT2D eigenvalue weighted by atomic mass is 9.99. The standard InChI is InChI=1S/C16H31N3O2/c1-6-17-16(18-9-7-8-12(2)3)19-10-13(4)14(11-19)15(20)21-5/h12-14H,6-11H2,1-5H3,(H,17,18). The molecule has 1 rings (SSSR count). The van der Waals surface area contributed by atoms with Gasteiger partial charge in [-0.15, -0.1) is 0 Å². The fraction of sp³-hybridized carbons (Fsp3) is 0.875. The van der Waals surface area contributed by atoms with Gasteiger partial charge in [0.1, 0.15) is 0 Å². The summed E-state index contributed by atoms with van der Waals surface area (Å²) in [6, 6.07) is 0. The van der Waals surface area contributed by atoms with Gasteiger partial charge in [0.05, 0.1) is 13.0 Å². The van der Waals surface area contributed by atoms with Gasteiger partial charge >= 0.3 is 5.97 Å². The van der Waals surface area contributed by atoms with Crippen LogP contribution >= 0.6 is 0 Å². The number of nitrogens with zero attached hydrogens (tertiary/aromatic N) is 2. The van der Waals surface area contributed by atoms with Crippen molar-refractivity contribution in [2.24, 2.45) is 22.7 Å². The average molecular weight is 297 g/mol. The Balaban J connectivity index is 2.60. The van der Waals surface area contributed by atoms with Gasteiger partial charge in [-0.2, -0.15) is 0 Å². The predicted octanol–water partition coefficient (Wildman–Crippen LogP) is 2.13. The molecule has 1 saturated heterocycles. The van der Waals surface area contributed by atoms with Crippen LogP contribution < -0.4 is 5.32 Å². The summed E-state index contributed by atoms with van der Waals surface area (Å²) in [5.74, 6) is 1.80. The van der Waals surface area contributed by atoms with Crippen molar-refractivity contribution in [3.63, 3.8) is 0 Å². The molecule has 1 heterocycles. The number of hydrogen-bond acceptors (Lipinski definition) is 3. The van der Waals surface area contributed by atoms with Crippen molar-refractivity contribution < 1.29 is 9.53 Å². The second-order valence-corrected chi connectivity index (χ2v) is 6.28. The van der Waals surface area contributed by atoms with Crippen LogP contribution in [0.4, 0.5) is 0 Å². The second kappa shape index (κ2) is 8.90. The van der Waals surface area contributed by atoms with Crippen LogP contribution in [0.2, 0.25) is 0 Å². The lowest BCUT2D eigenvalue weighted by Gasteiger charge is -2.21. The summed E-state index contributed by atoms with van der Waals surface area (Å²) in [5.41, 5.74) is 0. The molecule has 0 spiro atoms. The van der Waals surface area contributed by atoms with E-state index >= 15 is 0 Å². The number of carbonyl (C=O) groups excluding carboxylic acids is 1. The van der Waals surface area contributed by atoms with E-state index in [9.17, 15) is 4.79 Å². The van der Waals surface area contributed by atoms with E-state index < -0.39 is 0 Å². The summed E-state index contributed by atoms with van der Waals surface area (Å²) in [5, 5.41) is 3.33. The highest BCUT2D eigenvalue weighted by Gasteiger charge is 2.36. The number of aliphatic imine (C=N–C) groups is 1. The van der Waals surface area contributed by atoms with Crippen LogP contribution in [0.25, 0.3) is 0 Å². The number of rotatable bonds is 6. The molecular weight excluding hydrogens is 266 g/mol. The highest BCUT2D eigenvalue weighted by molar-refractivity contribution is 5.82. The van der Waals surface area contributed by atoms with Gasteiger partial charge in [0.15, 0.2) is 5.96 Å². The average Bonchev–Trinajstić information content (AvgIpc) is 2.83. The summed E-state index contributed by atoms with van der Waals surface area (Å²) < 4.78 is 4.89. The molecular formula is C16H31N3O2. The highest BCUT2D eigenvalue weighted by Crippen LogP contribution is 2.24. The van der Waals surface area contributed by atoms with Crippen molar-refractivity contribution >= 4 is 11.9 Å². The van der Waals surface area contributed by atoms with Crippen molar-refractivity contribution in [2.75, 3.05) is 33.3 Å². The number of nitrogens with one attached hydrogen (secondary N) is 1. The minimum absolute atomic E-state index is 0.0467. The summed E-state index contributed by atoms with van der Waals surface area (Å²) in [7, 11) is 1.46. The van der Waals surface area contributed by atoms with Crippen molar-refractivity contribution in [1.29, 1.82) is 0 Å². The van der Waals surface area contributed by atoms with Crippen LogP contribution in [-0.4, -0.2) is 50.1 Å². The summed E-state index contributed by atoms with van der Waals surface area (Å²) >= 11 is 0. The SMILES string of the molecule is CCNC(=NCCCC(C)C)N1CC(C)C(C(=O)OC)C1. The zero-order valence-electron chi connectivity index (χ0n) is 14.2. The van der Waals surface area contributed by atoms with E-state index in [0.29, 0.717) is 12.5 Å². The smallest absolute Gasteiger partial charge is 0.310 e. The molecule has 2 atom stereocenters. The van der Waals surface area contributed by atoms with Crippen LogP contribution in [0.3, 0.4) is 0 Å². The minimum atomic E-state index is -0.111. The highest BCUT2D eigenvalue weighted by atomic mass is 16.5. The third-order valence-electron chi connectivity index (χ3n) is 3.95. The first-order chi connectivity index (χ1) is 9.99. The fourth-order valence-electron chi connectivity index (χ4n) is 2.71. The van der Waals surface area contributed by atoms with E-state index in [2.05, 4.69) is 37.9 Å². The van der Waals surface area contributed by atoms with Crippen LogP contribution in [0.15, 0.2) is 4.99 Å². The number of ether oxygens (including phenoxy) is 1. The molecule has 0 aromatic carbocycles. The molecule has 1 fully saturated rings. The molecule has 5 nitrogen and oxygen atoms in total. The van der Waals surface area contributed by atoms with Crippen LogP contribution in [0.1, 0.15) is 40.5 Å². The Hall–Kier alpha value is -1.26. The fourth-order valence-corrected chi connectivity index (χ4v) is 2.71. The molecule has 0 aromatic heterocycles. The van der Waals surface area contributed by atoms with E-state index in [-0.39, 0.29) is 11.9 Å². The van der Waals surface area contributed by atoms with Gasteiger partial charge in [0, 0.05) is 26.2 Å². The Morgan fingerprint density at radius 1 is 1.43 bits per heavy atom. The predicted molar refractivity (Wildman–Crippen MR) is 86.3 cm³/mol. The van der Waals surface area contributed by atoms with Gasteiger partial charge in [-0.05, 0) is 31.6 Å². The van der Waals surface area contributed by atoms with Crippen molar-refractivity contribution in [1.82, 2.24) is 10.2 Å². The number of esters is 1. The quantitative estimate of drug-likeness (QED) is 0.353. The third kappa shape index (κ3) is 5.56. The van der Waals surface area contributed by atoms with Crippen molar-refractivity contribution in [3.8, 4) is 0 Å². The number of carbonyl (C=O) groups is 1. The number of methoxy groups -OCH3 is 1. The summed E-state index contributed by atoms with van der Waals surface area (Å²) in [4.78, 5) is 18.7. The first-order valence-electron chi connectivity index (χ1n) is 8.10. The van der Waals surface area contributed by atoms with E-state index in [1.807, 2.05) is 0 Å². The van der Waals surface area contributed by atoms with Gasteiger partial charge in [-0.3, -0.25) is 9.79 Å². The van der Waals surface area contributed by atoms with Gasteiger partial charge in [-0.1, -0.05) is 20.8 Å². The maximum Gasteiger partial charge on any atom is 0.310 e. The van der Waals surface area contributed by atoms with Crippen molar-refractivity contribution in [3.05, 3.63) is 0 Å². The molecule has 1 aliphatic rings. The zero-order chi connectivity index (χ0) is 15.8. The lowest BCUT2D eigenvalue weighted by Crippen LogP contribution is -2.40. The molecule has 0 bridgehead atoms. The van der Waals surface area contributed by atoms with Gasteiger partial charge < -0.3 is 15.0 Å². The molecule has 0 radical (unpaired) electrons. The van der Waals surface area contributed by atoms with Crippen molar-refractivity contribution in [2.45, 2.75) is 40.5 Å². The lowest BCUT2D eigenvalue weighted by molar-refractivity contribution is -0.145. The Kier molecular flexibility index (Phi) is 7.54. The zero-order valence-corrected chi connectivity index (χ0v) is 14.2. The molecule has 0 aliphatic carbocycles. The molecule has 122 valence electrons. The number of likely N-dealkylation sites (tertiary alicyclic amines) is 1. The third-order valence-corrected chi connectivity index (χ3v) is 3.95. The van der Waals surface area contributed by atoms with E-state index in [1.165, 1.54) is 13.5 Å². The molecule has 2 unspecified atom stereocenters. The Morgan fingerprint density at radius 3 is 2.71 bits per heavy atom. The molecule has 1 aliphatic heterocycles. The minimum Gasteiger partial charge on any atom is -0.469 e. The molecule has 1 N–H and O–H groups in total. The van der Waals surface area contributed by atoms with E-state index in [4.69, 9.17) is 9.73 Å². The Morgan fingerprint density at radius 2 is 2.14 bits per heavy atom. The largest absolute Gasteiger partial charge is 0.469 e. The molecule has 0 amide bonds. The summed E-state index contributed by atoms with van der Waals surface area (Å²) in [6.45, 7) is 11.9. The molecule has 0 aromatic rings. The maximum atomic E-state index is 11.8. The number of guanidine groups is 1. The van der Waals surface area contributed by atoms with Crippen LogP contribution in [0, 0.1) is 17.8 Å². The first kappa shape index (κ1) is 17.8. The van der Waals surface area contributed by atoms with Gasteiger partial charge in [0.25, 0.3) is 0 Å². The Bertz CT molecular complexity index is 355.